The third-order valence-corrected chi connectivity index (χ3v) is 5.83. The van der Waals surface area contributed by atoms with Crippen molar-refractivity contribution in [1.29, 1.82) is 0 Å². The van der Waals surface area contributed by atoms with Crippen molar-refractivity contribution < 1.29 is 19.1 Å². The highest BCUT2D eigenvalue weighted by Gasteiger charge is 2.16. The van der Waals surface area contributed by atoms with E-state index in [2.05, 4.69) is 15.6 Å². The molecule has 156 valence electrons. The van der Waals surface area contributed by atoms with Crippen molar-refractivity contribution in [3.05, 3.63) is 41.1 Å². The molecule has 0 fully saturated rings. The normalized spacial score (nSPS) is 11.0. The molecule has 29 heavy (non-hydrogen) atoms. The smallest absolute Gasteiger partial charge is 0.407 e. The molecule has 0 saturated heterocycles. The van der Waals surface area contributed by atoms with Gasteiger partial charge in [-0.3, -0.25) is 14.9 Å². The molecule has 1 heterocycles. The molecule has 8 nitrogen and oxygen atoms in total. The maximum atomic E-state index is 12.4. The summed E-state index contributed by atoms with van der Waals surface area (Å²) in [5.41, 5.74) is 6.63. The van der Waals surface area contributed by atoms with Gasteiger partial charge in [-0.15, -0.1) is 11.8 Å². The fourth-order valence-electron chi connectivity index (χ4n) is 2.14. The SMILES string of the molecule is Cc1nc(NC(=O)c2ccc(CNC(=O)OC(C)(C)C)cc2)sc1SCC(N)=O. The molecule has 0 saturated carbocycles. The molecule has 2 aromatic rings. The molecule has 0 atom stereocenters. The monoisotopic (exact) mass is 436 g/mol. The minimum atomic E-state index is -0.557. The second-order valence-electron chi connectivity index (χ2n) is 7.15. The van der Waals surface area contributed by atoms with Crippen molar-refractivity contribution >= 4 is 46.1 Å². The quantitative estimate of drug-likeness (QED) is 0.572. The zero-order valence-electron chi connectivity index (χ0n) is 16.7. The number of aromatic nitrogens is 1. The van der Waals surface area contributed by atoms with Crippen LogP contribution < -0.4 is 16.4 Å². The Balaban J connectivity index is 1.91. The average molecular weight is 437 g/mol. The van der Waals surface area contributed by atoms with E-state index in [0.717, 1.165) is 15.5 Å². The molecule has 0 aliphatic rings. The Kier molecular flexibility index (Phi) is 7.63. The summed E-state index contributed by atoms with van der Waals surface area (Å²) >= 11 is 2.59. The van der Waals surface area contributed by atoms with Gasteiger partial charge in [0.15, 0.2) is 5.13 Å². The first-order chi connectivity index (χ1) is 13.5. The number of hydrogen-bond acceptors (Lipinski definition) is 7. The van der Waals surface area contributed by atoms with Gasteiger partial charge in [-0.05, 0) is 45.4 Å². The Bertz CT molecular complexity index is 889. The number of amides is 3. The molecule has 2 rings (SSSR count). The molecular weight excluding hydrogens is 412 g/mol. The minimum Gasteiger partial charge on any atom is -0.444 e. The lowest BCUT2D eigenvalue weighted by atomic mass is 10.1. The third kappa shape index (κ3) is 7.74. The third-order valence-electron chi connectivity index (χ3n) is 3.37. The second kappa shape index (κ2) is 9.75. The molecule has 0 aliphatic carbocycles. The summed E-state index contributed by atoms with van der Waals surface area (Å²) in [4.78, 5) is 39.3. The molecule has 1 aromatic carbocycles. The van der Waals surface area contributed by atoms with E-state index >= 15 is 0 Å². The van der Waals surface area contributed by atoms with E-state index in [-0.39, 0.29) is 11.7 Å². The lowest BCUT2D eigenvalue weighted by Gasteiger charge is -2.19. The number of carbonyl (C=O) groups excluding carboxylic acids is 3. The van der Waals surface area contributed by atoms with Gasteiger partial charge >= 0.3 is 6.09 Å². The number of nitrogens with one attached hydrogen (secondary N) is 2. The van der Waals surface area contributed by atoms with Gasteiger partial charge in [-0.2, -0.15) is 0 Å². The van der Waals surface area contributed by atoms with Crippen LogP contribution in [0.2, 0.25) is 0 Å². The topological polar surface area (TPSA) is 123 Å². The van der Waals surface area contributed by atoms with Crippen molar-refractivity contribution in [3.63, 3.8) is 0 Å². The van der Waals surface area contributed by atoms with Crippen LogP contribution in [0.5, 0.6) is 0 Å². The summed E-state index contributed by atoms with van der Waals surface area (Å²) in [6.45, 7) is 7.49. The van der Waals surface area contributed by atoms with E-state index < -0.39 is 17.6 Å². The van der Waals surface area contributed by atoms with Gasteiger partial charge in [0, 0.05) is 12.1 Å². The van der Waals surface area contributed by atoms with Crippen molar-refractivity contribution in [2.24, 2.45) is 5.73 Å². The van der Waals surface area contributed by atoms with Gasteiger partial charge in [0.05, 0.1) is 15.7 Å². The minimum absolute atomic E-state index is 0.162. The van der Waals surface area contributed by atoms with Crippen LogP contribution in [0.25, 0.3) is 0 Å². The van der Waals surface area contributed by atoms with Crippen LogP contribution >= 0.6 is 23.1 Å². The largest absolute Gasteiger partial charge is 0.444 e. The van der Waals surface area contributed by atoms with E-state index in [9.17, 15) is 14.4 Å². The summed E-state index contributed by atoms with van der Waals surface area (Å²) in [7, 11) is 0. The van der Waals surface area contributed by atoms with Crippen LogP contribution in [0.15, 0.2) is 28.5 Å². The lowest BCUT2D eigenvalue weighted by molar-refractivity contribution is -0.115. The molecule has 4 N–H and O–H groups in total. The van der Waals surface area contributed by atoms with E-state index in [1.807, 2.05) is 6.92 Å². The molecule has 0 unspecified atom stereocenters. The first-order valence-electron chi connectivity index (χ1n) is 8.79. The number of rotatable bonds is 7. The summed E-state index contributed by atoms with van der Waals surface area (Å²) in [5, 5.41) is 5.87. The summed E-state index contributed by atoms with van der Waals surface area (Å²) in [6.07, 6.45) is -0.497. The van der Waals surface area contributed by atoms with Crippen molar-refractivity contribution in [3.8, 4) is 0 Å². The maximum absolute atomic E-state index is 12.4. The van der Waals surface area contributed by atoms with E-state index in [4.69, 9.17) is 10.5 Å². The molecule has 10 heteroatoms. The van der Waals surface area contributed by atoms with Crippen LogP contribution in [-0.2, 0) is 16.1 Å². The molecule has 0 aliphatic heterocycles. The Morgan fingerprint density at radius 3 is 2.45 bits per heavy atom. The van der Waals surface area contributed by atoms with Crippen molar-refractivity contribution in [2.45, 2.75) is 44.0 Å². The number of hydrogen-bond donors (Lipinski definition) is 3. The highest BCUT2D eigenvalue weighted by Crippen LogP contribution is 2.32. The van der Waals surface area contributed by atoms with Crippen LogP contribution in [0, 0.1) is 6.92 Å². The number of thioether (sulfide) groups is 1. The molecule has 0 spiro atoms. The van der Waals surface area contributed by atoms with Crippen LogP contribution in [0.3, 0.4) is 0 Å². The van der Waals surface area contributed by atoms with Gasteiger partial charge in [0.2, 0.25) is 5.91 Å². The van der Waals surface area contributed by atoms with Gasteiger partial charge in [0.25, 0.3) is 5.91 Å². The number of alkyl carbamates (subject to hydrolysis) is 1. The fraction of sp³-hybridized carbons (Fsp3) is 0.368. The summed E-state index contributed by atoms with van der Waals surface area (Å²) < 4.78 is 6.02. The number of nitrogens with zero attached hydrogens (tertiary/aromatic N) is 1. The Morgan fingerprint density at radius 1 is 1.21 bits per heavy atom. The highest BCUT2D eigenvalue weighted by molar-refractivity contribution is 8.01. The number of primary amides is 1. The van der Waals surface area contributed by atoms with Crippen molar-refractivity contribution in [1.82, 2.24) is 10.3 Å². The first kappa shape index (κ1) is 22.7. The van der Waals surface area contributed by atoms with E-state index in [1.165, 1.54) is 23.1 Å². The van der Waals surface area contributed by atoms with Gasteiger partial charge in [-0.25, -0.2) is 9.78 Å². The lowest BCUT2D eigenvalue weighted by Crippen LogP contribution is -2.32. The summed E-state index contributed by atoms with van der Waals surface area (Å²) in [6, 6.07) is 6.86. The second-order valence-corrected chi connectivity index (χ2v) is 9.40. The predicted octanol–water partition coefficient (Wildman–Crippen LogP) is 3.31. The molecule has 0 radical (unpaired) electrons. The standard InChI is InChI=1S/C19H24N4O4S2/c1-11-16(28-10-14(20)24)29-17(22-11)23-15(25)13-7-5-12(6-8-13)9-21-18(26)27-19(2,3)4/h5-8H,9-10H2,1-4H3,(H2,20,24)(H,21,26)(H,22,23,25). The van der Waals surface area contributed by atoms with Crippen LogP contribution in [0.1, 0.15) is 42.4 Å². The van der Waals surface area contributed by atoms with E-state index in [1.54, 1.807) is 45.0 Å². The van der Waals surface area contributed by atoms with Crippen LogP contribution in [0.4, 0.5) is 9.93 Å². The van der Waals surface area contributed by atoms with Crippen molar-refractivity contribution in [2.75, 3.05) is 11.1 Å². The maximum Gasteiger partial charge on any atom is 0.407 e. The number of anilines is 1. The molecule has 1 aromatic heterocycles. The van der Waals surface area contributed by atoms with E-state index in [0.29, 0.717) is 17.2 Å². The number of carbonyl (C=O) groups is 3. The number of aryl methyl sites for hydroxylation is 1. The summed E-state index contributed by atoms with van der Waals surface area (Å²) in [5.74, 6) is -0.540. The first-order valence-corrected chi connectivity index (χ1v) is 10.6. The van der Waals surface area contributed by atoms with Gasteiger partial charge < -0.3 is 15.8 Å². The predicted molar refractivity (Wildman–Crippen MR) is 114 cm³/mol. The number of nitrogens with two attached hydrogens (primary N) is 1. The Labute approximate surface area is 177 Å². The average Bonchev–Trinajstić information content (AvgIpc) is 2.96. The van der Waals surface area contributed by atoms with Gasteiger partial charge in [0.1, 0.15) is 5.60 Å². The zero-order valence-corrected chi connectivity index (χ0v) is 18.3. The molecule has 0 bridgehead atoms. The number of benzene rings is 1. The Hall–Kier alpha value is -2.59. The molecule has 3 amide bonds. The van der Waals surface area contributed by atoms with Crippen LogP contribution in [-0.4, -0.2) is 34.2 Å². The molecular formula is C19H24N4O4S2. The fourth-order valence-corrected chi connectivity index (χ4v) is 4.01. The number of thiazole rings is 1. The van der Waals surface area contributed by atoms with Gasteiger partial charge in [-0.1, -0.05) is 23.5 Å². The Morgan fingerprint density at radius 2 is 1.86 bits per heavy atom. The highest BCUT2D eigenvalue weighted by atomic mass is 32.2. The number of ether oxygens (including phenoxy) is 1. The zero-order chi connectivity index (χ0) is 21.6.